The minimum atomic E-state index is 0.778. The molecule has 0 radical (unpaired) electrons. The van der Waals surface area contributed by atoms with Gasteiger partial charge in [-0.15, -0.1) is 0 Å². The van der Waals surface area contributed by atoms with Crippen LogP contribution in [0.25, 0.3) is 0 Å². The summed E-state index contributed by atoms with van der Waals surface area (Å²) in [6.07, 6.45) is 4.03. The van der Waals surface area contributed by atoms with Crippen LogP contribution in [0, 0.1) is 23.7 Å². The molecule has 2 bridgehead atoms. The van der Waals surface area contributed by atoms with Crippen molar-refractivity contribution in [1.29, 1.82) is 0 Å². The molecule has 0 amide bonds. The van der Waals surface area contributed by atoms with Crippen molar-refractivity contribution in [2.45, 2.75) is 40.0 Å². The molecule has 2 fully saturated rings. The number of fused-ring (bicyclic) bond motifs is 1. The van der Waals surface area contributed by atoms with E-state index >= 15 is 0 Å². The Morgan fingerprint density at radius 2 is 2.15 bits per heavy atom. The van der Waals surface area contributed by atoms with Gasteiger partial charge in [0.25, 0.3) is 0 Å². The van der Waals surface area contributed by atoms with Crippen LogP contribution in [0.3, 0.4) is 0 Å². The van der Waals surface area contributed by atoms with Gasteiger partial charge in [0.15, 0.2) is 0 Å². The van der Waals surface area contributed by atoms with Crippen LogP contribution in [0.5, 0.6) is 0 Å². The van der Waals surface area contributed by atoms with Gasteiger partial charge in [0, 0.05) is 37.8 Å². The van der Waals surface area contributed by atoms with Gasteiger partial charge in [-0.25, -0.2) is 0 Å². The van der Waals surface area contributed by atoms with Crippen molar-refractivity contribution in [3.8, 4) is 0 Å². The predicted octanol–water partition coefficient (Wildman–Crippen LogP) is 3.42. The third-order valence-corrected chi connectivity index (χ3v) is 5.68. The average molecular weight is 274 g/mol. The van der Waals surface area contributed by atoms with Crippen molar-refractivity contribution in [3.63, 3.8) is 0 Å². The second-order valence-electron chi connectivity index (χ2n) is 7.32. The minimum Gasteiger partial charge on any atom is -0.388 e. The van der Waals surface area contributed by atoms with Gasteiger partial charge in [-0.05, 0) is 56.4 Å². The first-order chi connectivity index (χ1) is 9.60. The zero-order valence-corrected chi connectivity index (χ0v) is 13.4. The quantitative estimate of drug-likeness (QED) is 0.848. The van der Waals surface area contributed by atoms with E-state index in [1.807, 2.05) is 0 Å². The van der Waals surface area contributed by atoms with E-state index in [0.717, 1.165) is 30.2 Å². The molecule has 1 aliphatic carbocycles. The molecule has 2 nitrogen and oxygen atoms in total. The molecule has 2 heteroatoms. The molecule has 112 valence electrons. The Kier molecular flexibility index (Phi) is 3.94. The van der Waals surface area contributed by atoms with Crippen LogP contribution in [0.1, 0.15) is 40.0 Å². The summed E-state index contributed by atoms with van der Waals surface area (Å²) in [5, 5.41) is 3.71. The maximum atomic E-state index is 4.25. The molecule has 1 saturated carbocycles. The maximum Gasteiger partial charge on any atom is 0.0177 e. The molecular formula is C18H30N2. The first kappa shape index (κ1) is 14.2. The lowest BCUT2D eigenvalue weighted by atomic mass is 9.60. The van der Waals surface area contributed by atoms with Crippen LogP contribution < -0.4 is 5.32 Å². The summed E-state index contributed by atoms with van der Waals surface area (Å²) in [5.41, 5.74) is 4.35. The molecule has 2 aliphatic heterocycles. The molecule has 0 aromatic rings. The maximum absolute atomic E-state index is 4.25. The van der Waals surface area contributed by atoms with Crippen LogP contribution in [0.2, 0.25) is 0 Å². The summed E-state index contributed by atoms with van der Waals surface area (Å²) >= 11 is 0. The Labute approximate surface area is 124 Å². The zero-order valence-electron chi connectivity index (χ0n) is 13.4. The summed E-state index contributed by atoms with van der Waals surface area (Å²) in [6, 6.07) is 0. The molecule has 2 heterocycles. The van der Waals surface area contributed by atoms with Crippen molar-refractivity contribution >= 4 is 0 Å². The molecular weight excluding hydrogens is 244 g/mol. The van der Waals surface area contributed by atoms with Crippen molar-refractivity contribution in [3.05, 3.63) is 23.4 Å². The number of nitrogens with zero attached hydrogens (tertiary/aromatic N) is 1. The van der Waals surface area contributed by atoms with Crippen LogP contribution in [0.4, 0.5) is 0 Å². The minimum absolute atomic E-state index is 0.778. The highest BCUT2D eigenvalue weighted by Crippen LogP contribution is 2.51. The summed E-state index contributed by atoms with van der Waals surface area (Å²) in [6.45, 7) is 16.0. The summed E-state index contributed by atoms with van der Waals surface area (Å²) in [7, 11) is 0. The SMILES string of the molecule is C=C(C)/C1=C(\NCC)[C@@H]2CC3C[C@H](C)C[N@@](CC1)CC32. The van der Waals surface area contributed by atoms with E-state index in [-0.39, 0.29) is 0 Å². The molecule has 0 aromatic heterocycles. The van der Waals surface area contributed by atoms with Gasteiger partial charge in [-0.1, -0.05) is 19.1 Å². The standard InChI is InChI=1S/C18H30N2/c1-5-19-18-15(12(2)3)6-7-20-10-13(4)8-14-9-16(18)17(14)11-20/h13-14,16-17,19H,2,5-11H2,1,3-4H3/b18-15-/t13-,14?,16+,17?/m0/s1. The predicted molar refractivity (Wildman–Crippen MR) is 85.4 cm³/mol. The zero-order chi connectivity index (χ0) is 14.3. The van der Waals surface area contributed by atoms with E-state index in [9.17, 15) is 0 Å². The Balaban J connectivity index is 1.93. The lowest BCUT2D eigenvalue weighted by molar-refractivity contribution is 0.0637. The molecule has 0 spiro atoms. The first-order valence-corrected chi connectivity index (χ1v) is 8.45. The summed E-state index contributed by atoms with van der Waals surface area (Å²) in [4.78, 5) is 2.73. The van der Waals surface area contributed by atoms with E-state index in [1.54, 1.807) is 5.70 Å². The Bertz CT molecular complexity index is 423. The van der Waals surface area contributed by atoms with Crippen LogP contribution in [-0.2, 0) is 0 Å². The normalized spacial score (nSPS) is 43.9. The molecule has 5 atom stereocenters. The first-order valence-electron chi connectivity index (χ1n) is 8.45. The van der Waals surface area contributed by atoms with Gasteiger partial charge in [-0.2, -0.15) is 0 Å². The largest absolute Gasteiger partial charge is 0.388 e. The number of allylic oxidation sites excluding steroid dienone is 2. The Morgan fingerprint density at radius 3 is 2.85 bits per heavy atom. The van der Waals surface area contributed by atoms with Gasteiger partial charge < -0.3 is 10.2 Å². The van der Waals surface area contributed by atoms with Gasteiger partial charge in [0.05, 0.1) is 0 Å². The van der Waals surface area contributed by atoms with Crippen molar-refractivity contribution in [2.75, 3.05) is 26.2 Å². The highest BCUT2D eigenvalue weighted by molar-refractivity contribution is 5.35. The van der Waals surface area contributed by atoms with Crippen LogP contribution >= 0.6 is 0 Å². The van der Waals surface area contributed by atoms with E-state index in [0.29, 0.717) is 0 Å². The molecule has 2 unspecified atom stereocenters. The van der Waals surface area contributed by atoms with E-state index in [2.05, 4.69) is 37.6 Å². The monoisotopic (exact) mass is 274 g/mol. The number of hydrogen-bond acceptors (Lipinski definition) is 2. The number of rotatable bonds is 3. The average Bonchev–Trinajstić information content (AvgIpc) is 2.50. The third-order valence-electron chi connectivity index (χ3n) is 5.68. The van der Waals surface area contributed by atoms with Gasteiger partial charge >= 0.3 is 0 Å². The number of nitrogens with one attached hydrogen (secondary N) is 1. The van der Waals surface area contributed by atoms with E-state index in [4.69, 9.17) is 0 Å². The summed E-state index contributed by atoms with van der Waals surface area (Å²) in [5.74, 6) is 3.52. The van der Waals surface area contributed by atoms with Crippen molar-refractivity contribution in [2.24, 2.45) is 23.7 Å². The van der Waals surface area contributed by atoms with Crippen LogP contribution in [-0.4, -0.2) is 31.1 Å². The molecule has 1 N–H and O–H groups in total. The van der Waals surface area contributed by atoms with E-state index in [1.165, 1.54) is 50.0 Å². The Morgan fingerprint density at radius 1 is 1.35 bits per heavy atom. The Hall–Kier alpha value is -0.760. The molecule has 20 heavy (non-hydrogen) atoms. The number of hydrogen-bond donors (Lipinski definition) is 1. The molecule has 1 saturated heterocycles. The van der Waals surface area contributed by atoms with Gasteiger partial charge in [0.1, 0.15) is 0 Å². The highest BCUT2D eigenvalue weighted by atomic mass is 15.1. The third kappa shape index (κ3) is 2.43. The fourth-order valence-corrected chi connectivity index (χ4v) is 4.77. The summed E-state index contributed by atoms with van der Waals surface area (Å²) < 4.78 is 0. The molecule has 3 aliphatic rings. The lowest BCUT2D eigenvalue weighted by Gasteiger charge is -2.48. The smallest absolute Gasteiger partial charge is 0.0177 e. The molecule has 0 aromatic carbocycles. The second-order valence-corrected chi connectivity index (χ2v) is 7.32. The van der Waals surface area contributed by atoms with Gasteiger partial charge in [0.2, 0.25) is 0 Å². The fraction of sp³-hybridized carbons (Fsp3) is 0.778. The topological polar surface area (TPSA) is 15.3 Å². The fourth-order valence-electron chi connectivity index (χ4n) is 4.77. The van der Waals surface area contributed by atoms with Crippen LogP contribution in [0.15, 0.2) is 23.4 Å². The lowest BCUT2D eigenvalue weighted by Crippen LogP contribution is -2.47. The van der Waals surface area contributed by atoms with Crippen molar-refractivity contribution in [1.82, 2.24) is 10.2 Å². The van der Waals surface area contributed by atoms with Crippen molar-refractivity contribution < 1.29 is 0 Å². The highest BCUT2D eigenvalue weighted by Gasteiger charge is 2.46. The van der Waals surface area contributed by atoms with Gasteiger partial charge in [-0.3, -0.25) is 0 Å². The molecule has 3 rings (SSSR count). The van der Waals surface area contributed by atoms with E-state index < -0.39 is 0 Å². The second kappa shape index (κ2) is 5.55.